The van der Waals surface area contributed by atoms with E-state index in [1.165, 1.54) is 23.6 Å². The van der Waals surface area contributed by atoms with Crippen molar-refractivity contribution in [1.82, 2.24) is 24.9 Å². The van der Waals surface area contributed by atoms with Crippen LogP contribution < -0.4 is 5.32 Å². The van der Waals surface area contributed by atoms with Crippen LogP contribution in [0.4, 0.5) is 5.82 Å². The molecule has 1 amide bonds. The molecule has 0 spiro atoms. The number of para-hydroxylation sites is 1. The van der Waals surface area contributed by atoms with E-state index in [1.807, 2.05) is 34.9 Å². The molecule has 3 aromatic heterocycles. The van der Waals surface area contributed by atoms with Gasteiger partial charge in [0.25, 0.3) is 0 Å². The predicted octanol–water partition coefficient (Wildman–Crippen LogP) is 5.37. The molecule has 174 valence electrons. The molecule has 2 aromatic carbocycles. The number of hydrogen-bond donors (Lipinski definition) is 1. The second-order valence-electron chi connectivity index (χ2n) is 7.87. The maximum Gasteiger partial charge on any atom is 0.236 e. The molecule has 0 bridgehead atoms. The van der Waals surface area contributed by atoms with Crippen LogP contribution >= 0.6 is 11.8 Å². The highest BCUT2D eigenvalue weighted by Crippen LogP contribution is 2.33. The van der Waals surface area contributed by atoms with Crippen molar-refractivity contribution in [3.63, 3.8) is 0 Å². The van der Waals surface area contributed by atoms with Crippen molar-refractivity contribution in [2.75, 3.05) is 11.1 Å². The molecule has 5 rings (SSSR count). The SMILES string of the molecule is C=CCn1c(SCC(=O)Nc2ccon2)nnc1-c1cc(-c2ccc(C)cc2)nc2ccccc12. The van der Waals surface area contributed by atoms with Crippen molar-refractivity contribution in [2.45, 2.75) is 18.6 Å². The molecule has 0 unspecified atom stereocenters. The van der Waals surface area contributed by atoms with Gasteiger partial charge in [-0.05, 0) is 19.1 Å². The summed E-state index contributed by atoms with van der Waals surface area (Å²) >= 11 is 1.30. The van der Waals surface area contributed by atoms with E-state index in [2.05, 4.69) is 58.4 Å². The Labute approximate surface area is 206 Å². The Morgan fingerprint density at radius 3 is 2.74 bits per heavy atom. The Kier molecular flexibility index (Phi) is 6.40. The number of aromatic nitrogens is 5. The number of pyridine rings is 1. The van der Waals surface area contributed by atoms with Gasteiger partial charge in [-0.3, -0.25) is 9.36 Å². The molecule has 9 heteroatoms. The van der Waals surface area contributed by atoms with Crippen molar-refractivity contribution in [3.05, 3.63) is 85.1 Å². The van der Waals surface area contributed by atoms with E-state index in [0.717, 1.165) is 27.7 Å². The lowest BCUT2D eigenvalue weighted by Gasteiger charge is -2.12. The summed E-state index contributed by atoms with van der Waals surface area (Å²) in [4.78, 5) is 17.2. The van der Waals surface area contributed by atoms with E-state index in [-0.39, 0.29) is 11.7 Å². The van der Waals surface area contributed by atoms with E-state index < -0.39 is 0 Å². The van der Waals surface area contributed by atoms with E-state index in [9.17, 15) is 4.79 Å². The number of carbonyl (C=O) groups excluding carboxylic acids is 1. The zero-order valence-corrected chi connectivity index (χ0v) is 19.8. The fraction of sp³-hybridized carbons (Fsp3) is 0.115. The first-order valence-corrected chi connectivity index (χ1v) is 12.0. The van der Waals surface area contributed by atoms with Crippen molar-refractivity contribution in [2.24, 2.45) is 0 Å². The lowest BCUT2D eigenvalue weighted by Crippen LogP contribution is -2.14. The van der Waals surface area contributed by atoms with Crippen LogP contribution in [0.2, 0.25) is 0 Å². The van der Waals surface area contributed by atoms with Gasteiger partial charge in [0.1, 0.15) is 6.26 Å². The van der Waals surface area contributed by atoms with E-state index in [0.29, 0.717) is 23.3 Å². The van der Waals surface area contributed by atoms with Crippen LogP contribution in [0.1, 0.15) is 5.56 Å². The topological polar surface area (TPSA) is 98.7 Å². The van der Waals surface area contributed by atoms with Crippen molar-refractivity contribution in [3.8, 4) is 22.6 Å². The lowest BCUT2D eigenvalue weighted by atomic mass is 10.0. The molecule has 3 heterocycles. The van der Waals surface area contributed by atoms with Crippen LogP contribution in [0.5, 0.6) is 0 Å². The fourth-order valence-corrected chi connectivity index (χ4v) is 4.45. The van der Waals surface area contributed by atoms with Crippen LogP contribution in [-0.4, -0.2) is 36.6 Å². The maximum absolute atomic E-state index is 12.3. The Balaban J connectivity index is 1.52. The van der Waals surface area contributed by atoms with Gasteiger partial charge in [-0.2, -0.15) is 0 Å². The van der Waals surface area contributed by atoms with Crippen LogP contribution in [0, 0.1) is 6.92 Å². The quantitative estimate of drug-likeness (QED) is 0.234. The Hall–Kier alpha value is -4.24. The summed E-state index contributed by atoms with van der Waals surface area (Å²) < 4.78 is 6.71. The van der Waals surface area contributed by atoms with Gasteiger partial charge in [0, 0.05) is 29.1 Å². The number of fused-ring (bicyclic) bond motifs is 1. The second kappa shape index (κ2) is 9.94. The number of benzene rings is 2. The number of nitrogens with one attached hydrogen (secondary N) is 1. The highest BCUT2D eigenvalue weighted by molar-refractivity contribution is 7.99. The smallest absolute Gasteiger partial charge is 0.236 e. The summed E-state index contributed by atoms with van der Waals surface area (Å²) in [6, 6.07) is 19.9. The first-order valence-electron chi connectivity index (χ1n) is 11.0. The average Bonchev–Trinajstić information content (AvgIpc) is 3.53. The number of thioether (sulfide) groups is 1. The van der Waals surface area contributed by atoms with E-state index in [4.69, 9.17) is 9.51 Å². The minimum atomic E-state index is -0.213. The van der Waals surface area contributed by atoms with Crippen molar-refractivity contribution >= 4 is 34.4 Å². The zero-order chi connectivity index (χ0) is 24.2. The van der Waals surface area contributed by atoms with Gasteiger partial charge in [0.2, 0.25) is 5.91 Å². The van der Waals surface area contributed by atoms with Gasteiger partial charge in [-0.25, -0.2) is 4.98 Å². The normalized spacial score (nSPS) is 11.0. The minimum Gasteiger partial charge on any atom is -0.363 e. The number of allylic oxidation sites excluding steroid dienone is 1. The molecule has 0 fully saturated rings. The van der Waals surface area contributed by atoms with Crippen LogP contribution in [0.3, 0.4) is 0 Å². The summed E-state index contributed by atoms with van der Waals surface area (Å²) in [5, 5.41) is 16.9. The van der Waals surface area contributed by atoms with Gasteiger partial charge in [0.15, 0.2) is 16.8 Å². The molecule has 1 N–H and O–H groups in total. The number of anilines is 1. The third-order valence-electron chi connectivity index (χ3n) is 5.37. The lowest BCUT2D eigenvalue weighted by molar-refractivity contribution is -0.113. The molecule has 0 radical (unpaired) electrons. The number of nitrogens with zero attached hydrogens (tertiary/aromatic N) is 5. The summed E-state index contributed by atoms with van der Waals surface area (Å²) in [6.45, 7) is 6.45. The van der Waals surface area contributed by atoms with Gasteiger partial charge in [0.05, 0.1) is 17.0 Å². The molecular formula is C26H22N6O2S. The van der Waals surface area contributed by atoms with Crippen LogP contribution in [-0.2, 0) is 11.3 Å². The predicted molar refractivity (Wildman–Crippen MR) is 137 cm³/mol. The number of carbonyl (C=O) groups is 1. The molecule has 0 aliphatic rings. The number of hydrogen-bond acceptors (Lipinski definition) is 7. The molecule has 0 saturated heterocycles. The summed E-state index contributed by atoms with van der Waals surface area (Å²) in [6.07, 6.45) is 3.19. The molecule has 0 aliphatic carbocycles. The largest absolute Gasteiger partial charge is 0.363 e. The number of aryl methyl sites for hydroxylation is 1. The fourth-order valence-electron chi connectivity index (χ4n) is 3.71. The maximum atomic E-state index is 12.3. The first kappa shape index (κ1) is 22.5. The molecule has 5 aromatic rings. The average molecular weight is 483 g/mol. The number of rotatable bonds is 8. The highest BCUT2D eigenvalue weighted by Gasteiger charge is 2.19. The van der Waals surface area contributed by atoms with E-state index in [1.54, 1.807) is 12.1 Å². The summed E-state index contributed by atoms with van der Waals surface area (Å²) in [7, 11) is 0. The Morgan fingerprint density at radius 2 is 1.97 bits per heavy atom. The molecule has 0 atom stereocenters. The second-order valence-corrected chi connectivity index (χ2v) is 8.81. The zero-order valence-electron chi connectivity index (χ0n) is 19.0. The first-order chi connectivity index (χ1) is 17.1. The molecule has 0 saturated carbocycles. The van der Waals surface area contributed by atoms with Crippen molar-refractivity contribution in [1.29, 1.82) is 0 Å². The monoisotopic (exact) mass is 482 g/mol. The molecule has 35 heavy (non-hydrogen) atoms. The molecule has 8 nitrogen and oxygen atoms in total. The summed E-state index contributed by atoms with van der Waals surface area (Å²) in [5.74, 6) is 0.995. The van der Waals surface area contributed by atoms with Gasteiger partial charge >= 0.3 is 0 Å². The van der Waals surface area contributed by atoms with Crippen LogP contribution in [0.15, 0.2) is 89.3 Å². The standard InChI is InChI=1S/C26H22N6O2S/c1-3-13-32-25(29-30-26(32)35-16-24(33)28-23-12-14-34-31-23)20-15-22(18-10-8-17(2)9-11-18)27-21-7-5-4-6-19(20)21/h3-12,14-15H,1,13,16H2,2H3,(H,28,31,33). The molecule has 0 aliphatic heterocycles. The summed E-state index contributed by atoms with van der Waals surface area (Å²) in [5.41, 5.74) is 4.86. The Morgan fingerprint density at radius 1 is 1.14 bits per heavy atom. The van der Waals surface area contributed by atoms with Crippen molar-refractivity contribution < 1.29 is 9.32 Å². The third kappa shape index (κ3) is 4.85. The third-order valence-corrected chi connectivity index (χ3v) is 6.34. The number of amides is 1. The molecular weight excluding hydrogens is 460 g/mol. The van der Waals surface area contributed by atoms with Crippen LogP contribution in [0.25, 0.3) is 33.5 Å². The Bertz CT molecular complexity index is 1490. The minimum absolute atomic E-state index is 0.147. The highest BCUT2D eigenvalue weighted by atomic mass is 32.2. The van der Waals surface area contributed by atoms with Gasteiger partial charge in [-0.15, -0.1) is 16.8 Å². The van der Waals surface area contributed by atoms with Gasteiger partial charge < -0.3 is 9.84 Å². The van der Waals surface area contributed by atoms with E-state index >= 15 is 0 Å². The van der Waals surface area contributed by atoms with Gasteiger partial charge in [-0.1, -0.05) is 71.0 Å².